The Morgan fingerprint density at radius 1 is 1.18 bits per heavy atom. The van der Waals surface area contributed by atoms with E-state index in [1.54, 1.807) is 18.2 Å². The van der Waals surface area contributed by atoms with E-state index in [9.17, 15) is 9.59 Å². The first kappa shape index (κ1) is 23.9. The molecule has 2 atom stereocenters. The molecule has 2 aromatic carbocycles. The van der Waals surface area contributed by atoms with E-state index >= 15 is 0 Å². The van der Waals surface area contributed by atoms with Gasteiger partial charge in [-0.25, -0.2) is 9.79 Å². The van der Waals surface area contributed by atoms with Crippen molar-refractivity contribution >= 4 is 40.6 Å². The molecule has 34 heavy (non-hydrogen) atoms. The smallest absolute Gasteiger partial charge is 0.341 e. The Hall–Kier alpha value is -3.26. The van der Waals surface area contributed by atoms with Crippen molar-refractivity contribution in [1.82, 2.24) is 4.90 Å². The highest BCUT2D eigenvalue weighted by Gasteiger charge is 2.41. The third kappa shape index (κ3) is 5.44. The summed E-state index contributed by atoms with van der Waals surface area (Å²) in [6, 6.07) is 15.0. The molecular weight excluding hydrogens is 452 g/mol. The van der Waals surface area contributed by atoms with Gasteiger partial charge in [0.25, 0.3) is 5.91 Å². The number of amidine groups is 1. The average molecular weight is 481 g/mol. The Bertz CT molecular complexity index is 1120. The zero-order valence-corrected chi connectivity index (χ0v) is 20.1. The van der Waals surface area contributed by atoms with Crippen LogP contribution in [-0.4, -0.2) is 46.8 Å². The van der Waals surface area contributed by atoms with Crippen LogP contribution in [0.2, 0.25) is 0 Å². The lowest BCUT2D eigenvalue weighted by molar-refractivity contribution is -0.139. The summed E-state index contributed by atoms with van der Waals surface area (Å²) in [4.78, 5) is 31.7. The summed E-state index contributed by atoms with van der Waals surface area (Å²) in [7, 11) is 1.49. The fourth-order valence-electron chi connectivity index (χ4n) is 4.33. The molecular formula is C26H28N2O5S. The molecule has 2 aliphatic rings. The minimum atomic E-state index is -1.07. The number of rotatable bonds is 7. The third-order valence-electron chi connectivity index (χ3n) is 6.05. The van der Waals surface area contributed by atoms with E-state index < -0.39 is 12.6 Å². The molecule has 0 bridgehead atoms. The second-order valence-corrected chi connectivity index (χ2v) is 9.45. The Kier molecular flexibility index (Phi) is 7.57. The molecule has 1 aliphatic heterocycles. The molecule has 1 N–H and O–H groups in total. The van der Waals surface area contributed by atoms with Gasteiger partial charge < -0.3 is 14.6 Å². The first-order valence-electron chi connectivity index (χ1n) is 11.4. The number of carboxylic acids is 1. The van der Waals surface area contributed by atoms with Gasteiger partial charge in [-0.2, -0.15) is 0 Å². The number of carbonyl (C=O) groups excluding carboxylic acids is 1. The number of aliphatic imine (C=N–C) groups is 1. The molecule has 0 radical (unpaired) electrons. The lowest BCUT2D eigenvalue weighted by atomic mass is 9.85. The number of aliphatic carboxylic acids is 1. The minimum Gasteiger partial charge on any atom is -0.493 e. The lowest BCUT2D eigenvalue weighted by Crippen LogP contribution is -2.44. The molecule has 1 heterocycles. The van der Waals surface area contributed by atoms with Gasteiger partial charge in [-0.3, -0.25) is 9.69 Å². The maximum absolute atomic E-state index is 13.6. The van der Waals surface area contributed by atoms with Crippen molar-refractivity contribution in [2.24, 2.45) is 10.9 Å². The largest absolute Gasteiger partial charge is 0.493 e. The van der Waals surface area contributed by atoms with Gasteiger partial charge in [0.1, 0.15) is 0 Å². The number of carboxylic acid groups (broad SMARTS) is 1. The van der Waals surface area contributed by atoms with Gasteiger partial charge in [-0.15, -0.1) is 0 Å². The molecule has 1 saturated carbocycles. The molecule has 1 aliphatic carbocycles. The van der Waals surface area contributed by atoms with Crippen LogP contribution in [0.1, 0.15) is 38.2 Å². The highest BCUT2D eigenvalue weighted by Crippen LogP contribution is 2.40. The van der Waals surface area contributed by atoms with E-state index in [1.807, 2.05) is 41.3 Å². The predicted molar refractivity (Wildman–Crippen MR) is 133 cm³/mol. The van der Waals surface area contributed by atoms with Gasteiger partial charge in [0.2, 0.25) is 0 Å². The zero-order valence-electron chi connectivity index (χ0n) is 19.3. The van der Waals surface area contributed by atoms with Crippen LogP contribution in [0, 0.1) is 5.92 Å². The van der Waals surface area contributed by atoms with Crippen molar-refractivity contribution < 1.29 is 24.2 Å². The summed E-state index contributed by atoms with van der Waals surface area (Å²) >= 11 is 1.38. The van der Waals surface area contributed by atoms with Crippen LogP contribution >= 0.6 is 11.8 Å². The van der Waals surface area contributed by atoms with Gasteiger partial charge in [0.15, 0.2) is 23.3 Å². The highest BCUT2D eigenvalue weighted by atomic mass is 32.2. The molecule has 2 aromatic rings. The molecule has 8 heteroatoms. The van der Waals surface area contributed by atoms with Crippen molar-refractivity contribution in [2.45, 2.75) is 38.6 Å². The molecule has 178 valence electrons. The Balaban J connectivity index is 1.66. The molecule has 0 unspecified atom stereocenters. The summed E-state index contributed by atoms with van der Waals surface area (Å²) in [5.41, 5.74) is 1.57. The van der Waals surface area contributed by atoms with Crippen LogP contribution in [0.5, 0.6) is 11.5 Å². The Labute approximate surface area is 203 Å². The summed E-state index contributed by atoms with van der Waals surface area (Å²) in [5, 5.41) is 9.57. The van der Waals surface area contributed by atoms with Crippen LogP contribution in [-0.2, 0) is 9.59 Å². The van der Waals surface area contributed by atoms with Crippen LogP contribution in [0.15, 0.2) is 58.4 Å². The monoisotopic (exact) mass is 480 g/mol. The zero-order chi connectivity index (χ0) is 24.1. The van der Waals surface area contributed by atoms with Crippen LogP contribution in [0.25, 0.3) is 6.08 Å². The molecule has 1 saturated heterocycles. The molecule has 7 nitrogen and oxygen atoms in total. The predicted octanol–water partition coefficient (Wildman–Crippen LogP) is 5.34. The maximum atomic E-state index is 13.6. The number of para-hydroxylation sites is 1. The van der Waals surface area contributed by atoms with Gasteiger partial charge in [0.05, 0.1) is 17.7 Å². The number of methoxy groups -OCH3 is 1. The topological polar surface area (TPSA) is 88.4 Å². The number of nitrogens with zero attached hydrogens (tertiary/aromatic N) is 2. The van der Waals surface area contributed by atoms with Crippen molar-refractivity contribution in [3.63, 3.8) is 0 Å². The number of thioether (sulfide) groups is 1. The highest BCUT2D eigenvalue weighted by molar-refractivity contribution is 8.18. The third-order valence-corrected chi connectivity index (χ3v) is 7.04. The van der Waals surface area contributed by atoms with E-state index in [0.29, 0.717) is 27.5 Å². The van der Waals surface area contributed by atoms with E-state index in [1.165, 1.54) is 25.3 Å². The van der Waals surface area contributed by atoms with Crippen molar-refractivity contribution in [2.75, 3.05) is 13.7 Å². The van der Waals surface area contributed by atoms with E-state index in [0.717, 1.165) is 30.5 Å². The average Bonchev–Trinajstić information content (AvgIpc) is 3.13. The fourth-order valence-corrected chi connectivity index (χ4v) is 5.38. The number of hydrogen-bond donors (Lipinski definition) is 1. The number of amides is 1. The molecule has 1 amide bonds. The van der Waals surface area contributed by atoms with Crippen LogP contribution in [0.3, 0.4) is 0 Å². The van der Waals surface area contributed by atoms with E-state index in [-0.39, 0.29) is 11.9 Å². The standard InChI is InChI=1S/C26H28N2O5S/c1-17-8-6-7-11-20(17)28-25(31)23(34-26(28)27-19-9-4-3-5-10-19)15-18-12-13-21(22(14-18)32-2)33-16-24(29)30/h3-5,9-10,12-15,17,20H,6-8,11,16H2,1-2H3,(H,29,30)/b23-15+,27-26?/t17-,20+/m0/s1. The van der Waals surface area contributed by atoms with Crippen LogP contribution in [0.4, 0.5) is 5.69 Å². The van der Waals surface area contributed by atoms with Gasteiger partial charge in [0, 0.05) is 6.04 Å². The van der Waals surface area contributed by atoms with E-state index in [4.69, 9.17) is 19.6 Å². The number of benzene rings is 2. The van der Waals surface area contributed by atoms with Crippen molar-refractivity contribution in [3.8, 4) is 11.5 Å². The van der Waals surface area contributed by atoms with E-state index in [2.05, 4.69) is 6.92 Å². The fraction of sp³-hybridized carbons (Fsp3) is 0.346. The number of ether oxygens (including phenoxy) is 2. The quantitative estimate of drug-likeness (QED) is 0.538. The molecule has 0 aromatic heterocycles. The second kappa shape index (κ2) is 10.8. The molecule has 0 spiro atoms. The van der Waals surface area contributed by atoms with Gasteiger partial charge >= 0.3 is 5.97 Å². The van der Waals surface area contributed by atoms with Crippen molar-refractivity contribution in [3.05, 3.63) is 59.0 Å². The summed E-state index contributed by atoms with van der Waals surface area (Å²) in [6.45, 7) is 1.75. The molecule has 4 rings (SSSR count). The normalized spacial score (nSPS) is 22.9. The molecule has 2 fully saturated rings. The van der Waals surface area contributed by atoms with Crippen molar-refractivity contribution in [1.29, 1.82) is 0 Å². The van der Waals surface area contributed by atoms with Gasteiger partial charge in [-0.1, -0.05) is 44.0 Å². The Morgan fingerprint density at radius 2 is 1.94 bits per heavy atom. The first-order chi connectivity index (χ1) is 16.5. The summed E-state index contributed by atoms with van der Waals surface area (Å²) < 4.78 is 10.6. The second-order valence-electron chi connectivity index (χ2n) is 8.44. The number of carbonyl (C=O) groups is 2. The number of hydrogen-bond acceptors (Lipinski definition) is 6. The van der Waals surface area contributed by atoms with Gasteiger partial charge in [-0.05, 0) is 66.4 Å². The summed E-state index contributed by atoms with van der Waals surface area (Å²) in [5.74, 6) is 0.0415. The van der Waals surface area contributed by atoms with Crippen LogP contribution < -0.4 is 9.47 Å². The minimum absolute atomic E-state index is 0.0383. The lowest BCUT2D eigenvalue weighted by Gasteiger charge is -2.35. The first-order valence-corrected chi connectivity index (χ1v) is 12.2. The Morgan fingerprint density at radius 3 is 2.65 bits per heavy atom. The summed E-state index contributed by atoms with van der Waals surface area (Å²) in [6.07, 6.45) is 6.20. The SMILES string of the molecule is COc1cc(/C=C2/SC(=Nc3ccccc3)N([C@@H]3CCCC[C@@H]3C)C2=O)ccc1OCC(=O)O. The maximum Gasteiger partial charge on any atom is 0.341 e.